The molecule has 2 aromatic carbocycles. The first kappa shape index (κ1) is 27.9. The van der Waals surface area contributed by atoms with Crippen molar-refractivity contribution in [2.75, 3.05) is 32.7 Å². The summed E-state index contributed by atoms with van der Waals surface area (Å²) in [6.07, 6.45) is 17.5. The number of piperidine rings is 1. The van der Waals surface area contributed by atoms with E-state index in [0.717, 1.165) is 63.5 Å². The molecule has 1 saturated carbocycles. The van der Waals surface area contributed by atoms with E-state index in [2.05, 4.69) is 64.3 Å². The quantitative estimate of drug-likeness (QED) is 0.361. The Labute approximate surface area is 235 Å². The number of terminal acetylenes is 1. The van der Waals surface area contributed by atoms with Crippen molar-refractivity contribution in [2.45, 2.75) is 76.2 Å². The molecule has 1 N–H and O–H groups in total. The molecule has 0 aromatic heterocycles. The van der Waals surface area contributed by atoms with E-state index in [-0.39, 0.29) is 6.04 Å². The zero-order chi connectivity index (χ0) is 27.0. The highest BCUT2D eigenvalue weighted by Gasteiger charge is 2.43. The molecular formula is C35H46N2O2. The molecule has 3 aliphatic rings. The molecule has 3 atom stereocenters. The average Bonchev–Trinajstić information content (AvgIpc) is 3.38. The second-order valence-electron chi connectivity index (χ2n) is 12.4. The Morgan fingerprint density at radius 1 is 0.949 bits per heavy atom. The summed E-state index contributed by atoms with van der Waals surface area (Å²) in [5.74, 6) is 4.21. The Morgan fingerprint density at radius 2 is 1.67 bits per heavy atom. The predicted molar refractivity (Wildman–Crippen MR) is 159 cm³/mol. The maximum atomic E-state index is 12.5. The van der Waals surface area contributed by atoms with Gasteiger partial charge >= 0.3 is 5.97 Å². The Hall–Kier alpha value is -2.61. The first-order valence-electron chi connectivity index (χ1n) is 15.4. The van der Waals surface area contributed by atoms with Crippen molar-refractivity contribution in [2.24, 2.45) is 17.8 Å². The lowest BCUT2D eigenvalue weighted by Gasteiger charge is -2.35. The van der Waals surface area contributed by atoms with Crippen molar-refractivity contribution in [3.8, 4) is 12.3 Å². The number of carboxylic acid groups (broad SMARTS) is 1. The lowest BCUT2D eigenvalue weighted by Crippen LogP contribution is -2.46. The Morgan fingerprint density at radius 3 is 2.38 bits per heavy atom. The topological polar surface area (TPSA) is 43.8 Å². The monoisotopic (exact) mass is 526 g/mol. The van der Waals surface area contributed by atoms with E-state index in [1.807, 2.05) is 6.07 Å². The smallest absolute Gasteiger partial charge is 0.321 e. The van der Waals surface area contributed by atoms with Gasteiger partial charge in [0.1, 0.15) is 6.04 Å². The molecule has 2 saturated heterocycles. The van der Waals surface area contributed by atoms with Crippen LogP contribution in [0.2, 0.25) is 0 Å². The van der Waals surface area contributed by atoms with Gasteiger partial charge in [-0.1, -0.05) is 80.1 Å². The Bertz CT molecular complexity index is 1100. The van der Waals surface area contributed by atoms with Crippen LogP contribution in [0.25, 0.3) is 0 Å². The van der Waals surface area contributed by atoms with Crippen molar-refractivity contribution < 1.29 is 9.90 Å². The van der Waals surface area contributed by atoms with Crippen molar-refractivity contribution in [1.82, 2.24) is 9.80 Å². The molecule has 0 unspecified atom stereocenters. The molecule has 4 nitrogen and oxygen atoms in total. The summed E-state index contributed by atoms with van der Waals surface area (Å²) >= 11 is 0. The van der Waals surface area contributed by atoms with E-state index in [9.17, 15) is 9.90 Å². The van der Waals surface area contributed by atoms with E-state index in [4.69, 9.17) is 6.42 Å². The number of nitrogens with zero attached hydrogens (tertiary/aromatic N) is 2. The van der Waals surface area contributed by atoms with Crippen LogP contribution in [0.3, 0.4) is 0 Å². The molecular weight excluding hydrogens is 480 g/mol. The van der Waals surface area contributed by atoms with Crippen LogP contribution in [0, 0.1) is 30.1 Å². The van der Waals surface area contributed by atoms with Crippen molar-refractivity contribution in [3.05, 3.63) is 71.3 Å². The maximum Gasteiger partial charge on any atom is 0.321 e. The van der Waals surface area contributed by atoms with Crippen LogP contribution < -0.4 is 0 Å². The van der Waals surface area contributed by atoms with Gasteiger partial charge in [-0.2, -0.15) is 0 Å². The molecule has 5 rings (SSSR count). The molecule has 4 heteroatoms. The number of carboxylic acids is 1. The number of benzene rings is 2. The minimum atomic E-state index is -0.611. The molecule has 1 aliphatic carbocycles. The summed E-state index contributed by atoms with van der Waals surface area (Å²) in [4.78, 5) is 17.5. The van der Waals surface area contributed by atoms with Crippen LogP contribution >= 0.6 is 0 Å². The largest absolute Gasteiger partial charge is 0.480 e. The summed E-state index contributed by atoms with van der Waals surface area (Å²) in [5, 5.41) is 10.3. The van der Waals surface area contributed by atoms with Gasteiger partial charge in [0.15, 0.2) is 0 Å². The van der Waals surface area contributed by atoms with E-state index in [1.165, 1.54) is 56.1 Å². The Kier molecular flexibility index (Phi) is 9.77. The summed E-state index contributed by atoms with van der Waals surface area (Å²) in [5.41, 5.74) is 3.72. The normalized spacial score (nSPS) is 24.4. The van der Waals surface area contributed by atoms with Gasteiger partial charge < -0.3 is 10.0 Å². The lowest BCUT2D eigenvalue weighted by molar-refractivity contribution is -0.145. The van der Waals surface area contributed by atoms with Gasteiger partial charge in [-0.05, 0) is 86.6 Å². The van der Waals surface area contributed by atoms with Crippen LogP contribution in [0.5, 0.6) is 0 Å². The van der Waals surface area contributed by atoms with Crippen LogP contribution in [0.1, 0.15) is 80.4 Å². The molecule has 2 aromatic rings. The molecule has 0 bridgehead atoms. The minimum Gasteiger partial charge on any atom is -0.480 e. The minimum absolute atomic E-state index is 0.301. The van der Waals surface area contributed by atoms with Gasteiger partial charge in [0.05, 0.1) is 0 Å². The molecule has 39 heavy (non-hydrogen) atoms. The fourth-order valence-electron chi connectivity index (χ4n) is 7.75. The third-order valence-electron chi connectivity index (χ3n) is 9.87. The summed E-state index contributed by atoms with van der Waals surface area (Å²) in [7, 11) is 0. The fraction of sp³-hybridized carbons (Fsp3) is 0.571. The van der Waals surface area contributed by atoms with Crippen LogP contribution in [-0.4, -0.2) is 59.6 Å². The fourth-order valence-corrected chi connectivity index (χ4v) is 7.75. The summed E-state index contributed by atoms with van der Waals surface area (Å²) < 4.78 is 0. The van der Waals surface area contributed by atoms with Gasteiger partial charge in [-0.15, -0.1) is 6.42 Å². The number of hydrogen-bond donors (Lipinski definition) is 1. The van der Waals surface area contributed by atoms with E-state index in [0.29, 0.717) is 17.8 Å². The second-order valence-corrected chi connectivity index (χ2v) is 12.4. The number of hydrogen-bond acceptors (Lipinski definition) is 3. The molecule has 2 aliphatic heterocycles. The summed E-state index contributed by atoms with van der Waals surface area (Å²) in [6.45, 7) is 5.18. The molecule has 0 radical (unpaired) electrons. The standard InChI is InChI=1S/C35H46N2O2/c1-2-28-13-9-10-14-29(28)19-11-12-27-20-22-36(23-21-27)24-32-25-37(26-33(32)30-15-5-3-6-16-30)34(35(38)39)31-17-7-4-8-18-31/h1,3,5-6,9-10,13-16,27,31-34H,4,7-8,11-12,17-26H2,(H,38,39)/t32-,33+,34+/m0/s1. The van der Waals surface area contributed by atoms with Crippen LogP contribution in [0.4, 0.5) is 0 Å². The number of carbonyl (C=O) groups is 1. The van der Waals surface area contributed by atoms with Crippen molar-refractivity contribution in [1.29, 1.82) is 0 Å². The van der Waals surface area contributed by atoms with Crippen LogP contribution in [0.15, 0.2) is 54.6 Å². The highest BCUT2D eigenvalue weighted by Crippen LogP contribution is 2.38. The zero-order valence-corrected chi connectivity index (χ0v) is 23.5. The Balaban J connectivity index is 1.17. The first-order chi connectivity index (χ1) is 19.1. The lowest BCUT2D eigenvalue weighted by atomic mass is 9.83. The molecule has 2 heterocycles. The number of aliphatic carboxylic acids is 1. The number of rotatable bonds is 10. The molecule has 208 valence electrons. The van der Waals surface area contributed by atoms with Gasteiger partial charge in [0, 0.05) is 31.1 Å². The van der Waals surface area contributed by atoms with Gasteiger partial charge in [-0.3, -0.25) is 9.69 Å². The van der Waals surface area contributed by atoms with Gasteiger partial charge in [0.25, 0.3) is 0 Å². The first-order valence-corrected chi connectivity index (χ1v) is 15.4. The molecule has 3 fully saturated rings. The van der Waals surface area contributed by atoms with Gasteiger partial charge in [-0.25, -0.2) is 0 Å². The van der Waals surface area contributed by atoms with E-state index in [1.54, 1.807) is 0 Å². The zero-order valence-electron chi connectivity index (χ0n) is 23.5. The number of likely N-dealkylation sites (tertiary alicyclic amines) is 2. The maximum absolute atomic E-state index is 12.5. The third-order valence-corrected chi connectivity index (χ3v) is 9.87. The third kappa shape index (κ3) is 7.13. The highest BCUT2D eigenvalue weighted by molar-refractivity contribution is 5.74. The summed E-state index contributed by atoms with van der Waals surface area (Å²) in [6, 6.07) is 18.9. The molecule has 0 amide bonds. The number of aryl methyl sites for hydroxylation is 1. The van der Waals surface area contributed by atoms with Crippen LogP contribution in [-0.2, 0) is 11.2 Å². The second kappa shape index (κ2) is 13.6. The predicted octanol–water partition coefficient (Wildman–Crippen LogP) is 6.45. The average molecular weight is 527 g/mol. The van der Waals surface area contributed by atoms with E-state index < -0.39 is 5.97 Å². The van der Waals surface area contributed by atoms with Crippen molar-refractivity contribution in [3.63, 3.8) is 0 Å². The van der Waals surface area contributed by atoms with Crippen molar-refractivity contribution >= 4 is 5.97 Å². The molecule has 0 spiro atoms. The van der Waals surface area contributed by atoms with E-state index >= 15 is 0 Å². The van der Waals surface area contributed by atoms with Gasteiger partial charge in [0.2, 0.25) is 0 Å². The highest BCUT2D eigenvalue weighted by atomic mass is 16.4. The SMILES string of the molecule is C#Cc1ccccc1CCCC1CCN(C[C@H]2CN([C@@H](C(=O)O)C3CCCCC3)C[C@@H]2c2ccccc2)CC1.